The highest BCUT2D eigenvalue weighted by molar-refractivity contribution is 7.13. The van der Waals surface area contributed by atoms with Crippen molar-refractivity contribution in [1.82, 2.24) is 45.6 Å². The molecule has 11 rings (SSSR count). The third kappa shape index (κ3) is 10.2. The van der Waals surface area contributed by atoms with Gasteiger partial charge in [-0.1, -0.05) is 57.2 Å². The fourth-order valence-electron chi connectivity index (χ4n) is 12.7. The first-order chi connectivity index (χ1) is 35.7. The van der Waals surface area contributed by atoms with Crippen molar-refractivity contribution < 1.29 is 24.6 Å². The SMILES string of the molecule is Cc1ncsc1-c1ccc(CNC(=O)[C@@H]2C[C@@H](O)CN2C(=O)[C@@H](NC(=O)C2CCC3(CC2)CC(N2CCC(c4cnc(N5CCN6c7cc(-c8ccccc8O)nnc7NC[C@H]6C5)nc4)CC2)C3)C(C)(C)C)cc1. The van der Waals surface area contributed by atoms with Crippen LogP contribution in [0.4, 0.5) is 17.5 Å². The number of hydrogen-bond donors (Lipinski definition) is 5. The van der Waals surface area contributed by atoms with Gasteiger partial charge < -0.3 is 45.8 Å². The first-order valence-electron chi connectivity index (χ1n) is 26.7. The summed E-state index contributed by atoms with van der Waals surface area (Å²) in [7, 11) is 0. The molecule has 0 bridgehead atoms. The van der Waals surface area contributed by atoms with Gasteiger partial charge in [-0.15, -0.1) is 21.5 Å². The van der Waals surface area contributed by atoms with Gasteiger partial charge in [0.2, 0.25) is 23.7 Å². The summed E-state index contributed by atoms with van der Waals surface area (Å²) in [5.74, 6) is 1.27. The number of rotatable bonds is 11. The Kier molecular flexibility index (Phi) is 13.8. The minimum atomic E-state index is -0.839. The number of aliphatic hydroxyl groups excluding tert-OH is 1. The van der Waals surface area contributed by atoms with Crippen molar-refractivity contribution >= 4 is 46.5 Å². The lowest BCUT2D eigenvalue weighted by atomic mass is 9.56. The van der Waals surface area contributed by atoms with Crippen LogP contribution in [-0.4, -0.2) is 139 Å². The number of anilines is 3. The van der Waals surface area contributed by atoms with Gasteiger partial charge in [0.05, 0.1) is 39.6 Å². The highest BCUT2D eigenvalue weighted by Gasteiger charge is 2.50. The molecule has 5 aromatic rings. The van der Waals surface area contributed by atoms with Gasteiger partial charge in [0.15, 0.2) is 5.82 Å². The number of hydrogen-bond acceptors (Lipinski definition) is 15. The molecule has 3 aromatic heterocycles. The lowest BCUT2D eigenvalue weighted by Gasteiger charge is -2.55. The molecule has 5 N–H and O–H groups in total. The quantitative estimate of drug-likeness (QED) is 0.0957. The largest absolute Gasteiger partial charge is 0.507 e. The molecule has 0 unspecified atom stereocenters. The second-order valence-electron chi connectivity index (χ2n) is 23.0. The third-order valence-corrected chi connectivity index (χ3v) is 18.1. The first-order valence-corrected chi connectivity index (χ1v) is 27.6. The number of amides is 3. The van der Waals surface area contributed by atoms with E-state index in [1.165, 1.54) is 23.3 Å². The number of aromatic nitrogens is 5. The Balaban J connectivity index is 0.622. The van der Waals surface area contributed by atoms with E-state index < -0.39 is 23.6 Å². The van der Waals surface area contributed by atoms with Gasteiger partial charge in [-0.25, -0.2) is 15.0 Å². The molecule has 0 radical (unpaired) electrons. The number of fused-ring (bicyclic) bond motifs is 3. The molecule has 3 saturated heterocycles. The number of aryl methyl sites for hydroxylation is 1. The van der Waals surface area contributed by atoms with Crippen molar-refractivity contribution in [2.45, 2.75) is 128 Å². The van der Waals surface area contributed by atoms with Crippen molar-refractivity contribution in [3.63, 3.8) is 0 Å². The molecule has 5 fully saturated rings. The lowest BCUT2D eigenvalue weighted by Crippen LogP contribution is -2.59. The molecule has 2 saturated carbocycles. The summed E-state index contributed by atoms with van der Waals surface area (Å²) in [4.78, 5) is 66.1. The highest BCUT2D eigenvalue weighted by atomic mass is 32.1. The summed E-state index contributed by atoms with van der Waals surface area (Å²) in [6, 6.07) is 16.4. The van der Waals surface area contributed by atoms with E-state index in [0.29, 0.717) is 29.8 Å². The van der Waals surface area contributed by atoms with Crippen LogP contribution < -0.4 is 25.8 Å². The topological polar surface area (TPSA) is 205 Å². The second kappa shape index (κ2) is 20.5. The van der Waals surface area contributed by atoms with Gasteiger partial charge >= 0.3 is 0 Å². The summed E-state index contributed by atoms with van der Waals surface area (Å²) in [5, 5.41) is 39.7. The number of carbonyl (C=O) groups is 3. The van der Waals surface area contributed by atoms with Gasteiger partial charge in [0.1, 0.15) is 17.8 Å². The number of piperazine rings is 1. The van der Waals surface area contributed by atoms with Gasteiger partial charge in [-0.05, 0) is 123 Å². The molecule has 390 valence electrons. The Bertz CT molecular complexity index is 2830. The number of piperidine rings is 1. The summed E-state index contributed by atoms with van der Waals surface area (Å²) in [5.41, 5.74) is 8.02. The van der Waals surface area contributed by atoms with Crippen molar-refractivity contribution in [1.29, 1.82) is 0 Å². The minimum absolute atomic E-state index is 0.0477. The smallest absolute Gasteiger partial charge is 0.246 e. The monoisotopic (exact) mass is 1020 g/mol. The molecule has 17 nitrogen and oxygen atoms in total. The molecule has 2 aliphatic carbocycles. The maximum atomic E-state index is 14.3. The standard InChI is InChI=1S/C56H70N12O5S/c1-34-48(74-33-61-34)37-11-9-35(10-12-37)27-58-52(72)46-23-42(69)32-68(46)53(73)49(55(2,3)4)62-51(71)38-13-17-56(18-14-38)25-40(26-56)65-19-15-36(16-20-65)39-28-59-54(60-29-39)66-21-22-67-41(31-66)30-57-50-45(67)24-44(63-64-50)43-7-5-6-8-47(43)70/h5-12,24,28-29,33,36,38,40-42,46,49,69-70H,13-23,25-27,30-32H2,1-4H3,(H,57,64)(H,58,72)(H,62,71)/t38?,40?,41-,42+,46-,49+,56?/m0/s1. The van der Waals surface area contributed by atoms with E-state index >= 15 is 0 Å². The molecule has 3 amide bonds. The summed E-state index contributed by atoms with van der Waals surface area (Å²) < 4.78 is 0. The Morgan fingerprint density at radius 3 is 2.34 bits per heavy atom. The number of aliphatic hydroxyl groups is 1. The minimum Gasteiger partial charge on any atom is -0.507 e. The molecule has 2 aromatic carbocycles. The summed E-state index contributed by atoms with van der Waals surface area (Å²) in [6.07, 6.45) is 11.6. The van der Waals surface area contributed by atoms with Crippen LogP contribution in [0.3, 0.4) is 0 Å². The van der Waals surface area contributed by atoms with Crippen molar-refractivity contribution in [2.75, 3.05) is 60.9 Å². The van der Waals surface area contributed by atoms with Crippen molar-refractivity contribution in [3.05, 3.63) is 89.3 Å². The number of β-amino-alcohol motifs (C(OH)–C–C–N with tert-alkyl or cyclic N) is 1. The van der Waals surface area contributed by atoms with Crippen LogP contribution in [0.2, 0.25) is 0 Å². The number of para-hydroxylation sites is 1. The molecule has 18 heteroatoms. The van der Waals surface area contributed by atoms with E-state index in [0.717, 1.165) is 117 Å². The molecule has 6 aliphatic rings. The fourth-order valence-corrected chi connectivity index (χ4v) is 13.5. The molecule has 7 heterocycles. The number of carbonyl (C=O) groups excluding carboxylic acids is 3. The zero-order valence-corrected chi connectivity index (χ0v) is 43.9. The Hall–Kier alpha value is -6.24. The Morgan fingerprint density at radius 2 is 1.64 bits per heavy atom. The molecular weight excluding hydrogens is 953 g/mol. The van der Waals surface area contributed by atoms with Gasteiger partial charge in [0, 0.05) is 75.6 Å². The van der Waals surface area contributed by atoms with Crippen LogP contribution in [0.25, 0.3) is 21.7 Å². The molecule has 74 heavy (non-hydrogen) atoms. The van der Waals surface area contributed by atoms with Crippen LogP contribution in [0.1, 0.15) is 101 Å². The number of nitrogens with zero attached hydrogens (tertiary/aromatic N) is 9. The zero-order valence-electron chi connectivity index (χ0n) is 43.0. The number of aromatic hydroxyl groups is 1. The van der Waals surface area contributed by atoms with E-state index in [9.17, 15) is 24.6 Å². The van der Waals surface area contributed by atoms with E-state index in [4.69, 9.17) is 9.97 Å². The molecule has 4 atom stereocenters. The zero-order chi connectivity index (χ0) is 51.3. The van der Waals surface area contributed by atoms with Crippen LogP contribution in [0.5, 0.6) is 5.75 Å². The van der Waals surface area contributed by atoms with Crippen molar-refractivity contribution in [2.24, 2.45) is 16.7 Å². The van der Waals surface area contributed by atoms with Crippen molar-refractivity contribution in [3.8, 4) is 27.4 Å². The van der Waals surface area contributed by atoms with E-state index in [1.54, 1.807) is 23.5 Å². The number of thiazole rings is 1. The molecule has 4 aliphatic heterocycles. The van der Waals surface area contributed by atoms with Gasteiger partial charge in [-0.3, -0.25) is 14.4 Å². The number of benzene rings is 2. The van der Waals surface area contributed by atoms with Gasteiger partial charge in [0.25, 0.3) is 0 Å². The molecular formula is C56H70N12O5S. The number of likely N-dealkylation sites (tertiary alicyclic amines) is 2. The summed E-state index contributed by atoms with van der Waals surface area (Å²) in [6.45, 7) is 13.4. The average molecular weight is 1020 g/mol. The lowest BCUT2D eigenvalue weighted by molar-refractivity contribution is -0.145. The predicted octanol–water partition coefficient (Wildman–Crippen LogP) is 6.52. The maximum Gasteiger partial charge on any atom is 0.246 e. The maximum absolute atomic E-state index is 14.3. The Labute approximate surface area is 437 Å². The van der Waals surface area contributed by atoms with E-state index in [2.05, 4.69) is 45.8 Å². The van der Waals surface area contributed by atoms with Crippen LogP contribution in [-0.2, 0) is 20.9 Å². The normalized spacial score (nSPS) is 25.6. The van der Waals surface area contributed by atoms with Crippen LogP contribution >= 0.6 is 11.3 Å². The molecule has 1 spiro atoms. The predicted molar refractivity (Wildman–Crippen MR) is 286 cm³/mol. The van der Waals surface area contributed by atoms with Gasteiger partial charge in [-0.2, -0.15) is 0 Å². The number of nitrogens with one attached hydrogen (secondary N) is 3. The first kappa shape index (κ1) is 49.9. The third-order valence-electron chi connectivity index (χ3n) is 17.2. The fraction of sp³-hybridized carbons (Fsp3) is 0.536. The van der Waals surface area contributed by atoms with Crippen LogP contribution in [0.15, 0.2) is 72.5 Å². The number of phenolic OH excluding ortho intramolecular Hbond substituents is 1. The summed E-state index contributed by atoms with van der Waals surface area (Å²) >= 11 is 1.59. The Morgan fingerprint density at radius 1 is 0.892 bits per heavy atom. The average Bonchev–Trinajstić information content (AvgIpc) is 4.03. The van der Waals surface area contributed by atoms with E-state index in [-0.39, 0.29) is 53.8 Å². The highest BCUT2D eigenvalue weighted by Crippen LogP contribution is 2.55. The van der Waals surface area contributed by atoms with E-state index in [1.807, 2.05) is 88.1 Å². The van der Waals surface area contributed by atoms with Crippen LogP contribution in [0, 0.1) is 23.7 Å². The second-order valence-corrected chi connectivity index (χ2v) is 23.9. The number of phenols is 1.